The molecule has 0 aromatic carbocycles. The first-order valence-corrected chi connectivity index (χ1v) is 9.98. The van der Waals surface area contributed by atoms with E-state index in [1.54, 1.807) is 0 Å². The number of carbonyl (C=O) groups is 3. The molecule has 2 aromatic rings. The highest BCUT2D eigenvalue weighted by Crippen LogP contribution is 2.28. The summed E-state index contributed by atoms with van der Waals surface area (Å²) in [6, 6.07) is 3.20. The number of hydrogen-bond donors (Lipinski definition) is 2. The third-order valence-electron chi connectivity index (χ3n) is 4.19. The molecule has 0 bridgehead atoms. The van der Waals surface area contributed by atoms with E-state index in [0.29, 0.717) is 6.20 Å². The molecule has 0 saturated heterocycles. The number of methoxy groups -OCH3 is 1. The highest BCUT2D eigenvalue weighted by molar-refractivity contribution is 6.39. The summed E-state index contributed by atoms with van der Waals surface area (Å²) in [5, 5.41) is 2.30. The largest absolute Gasteiger partial charge is 0.417 e. The lowest BCUT2D eigenvalue weighted by molar-refractivity contribution is -0.144. The van der Waals surface area contributed by atoms with E-state index in [4.69, 9.17) is 10.5 Å². The fourth-order valence-electron chi connectivity index (χ4n) is 2.31. The molecule has 0 unspecified atom stereocenters. The normalized spacial score (nSPS) is 12.2. The Morgan fingerprint density at radius 2 is 1.85 bits per heavy atom. The molecular weight excluding hydrogens is 443 g/mol. The molecule has 0 atom stereocenters. The van der Waals surface area contributed by atoms with E-state index in [0.717, 1.165) is 17.0 Å². The quantitative estimate of drug-likeness (QED) is 0.602. The minimum absolute atomic E-state index is 0.00890. The number of hydrogen-bond acceptors (Lipinski definition) is 6. The smallest absolute Gasteiger partial charge is 0.383 e. The van der Waals surface area contributed by atoms with Crippen molar-refractivity contribution in [2.75, 3.05) is 25.6 Å². The van der Waals surface area contributed by atoms with Crippen LogP contribution in [-0.2, 0) is 27.0 Å². The van der Waals surface area contributed by atoms with Crippen LogP contribution in [0.1, 0.15) is 40.9 Å². The predicted molar refractivity (Wildman–Crippen MR) is 112 cm³/mol. The number of nitrogens with zero attached hydrogens (tertiary/aromatic N) is 3. The van der Waals surface area contributed by atoms with Crippen molar-refractivity contribution in [1.29, 1.82) is 0 Å². The van der Waals surface area contributed by atoms with E-state index in [2.05, 4.69) is 15.3 Å². The van der Waals surface area contributed by atoms with Gasteiger partial charge in [-0.05, 0) is 18.2 Å². The van der Waals surface area contributed by atoms with Crippen LogP contribution < -0.4 is 11.1 Å². The lowest BCUT2D eigenvalue weighted by Crippen LogP contribution is -2.41. The van der Waals surface area contributed by atoms with Gasteiger partial charge in [0.1, 0.15) is 0 Å². The summed E-state index contributed by atoms with van der Waals surface area (Å²) in [7, 11) is 1.39. The molecule has 1 fully saturated rings. The van der Waals surface area contributed by atoms with Gasteiger partial charge in [0, 0.05) is 26.0 Å². The fraction of sp³-hybridized carbons (Fsp3) is 0.381. The fourth-order valence-corrected chi connectivity index (χ4v) is 2.31. The summed E-state index contributed by atoms with van der Waals surface area (Å²) in [4.78, 5) is 44.6. The van der Waals surface area contributed by atoms with Crippen LogP contribution in [0.5, 0.6) is 0 Å². The van der Waals surface area contributed by atoms with Crippen LogP contribution in [-0.4, -0.2) is 52.9 Å². The van der Waals surface area contributed by atoms with Gasteiger partial charge in [-0.25, -0.2) is 0 Å². The van der Waals surface area contributed by atoms with Crippen molar-refractivity contribution >= 4 is 23.4 Å². The van der Waals surface area contributed by atoms with Crippen LogP contribution in [0.4, 0.5) is 18.9 Å². The minimum atomic E-state index is -4.54. The van der Waals surface area contributed by atoms with Crippen LogP contribution in [0.2, 0.25) is 0 Å². The second-order valence-electron chi connectivity index (χ2n) is 7.10. The molecule has 3 N–H and O–H groups in total. The summed E-state index contributed by atoms with van der Waals surface area (Å²) >= 11 is 0. The van der Waals surface area contributed by atoms with E-state index in [9.17, 15) is 27.6 Å². The average molecular weight is 467 g/mol. The van der Waals surface area contributed by atoms with E-state index in [1.807, 2.05) is 0 Å². The Kier molecular flexibility index (Phi) is 9.28. The molecular formula is C21H24F3N5O4. The van der Waals surface area contributed by atoms with Crippen molar-refractivity contribution in [2.45, 2.75) is 32.0 Å². The number of anilines is 1. The van der Waals surface area contributed by atoms with Gasteiger partial charge in [0.2, 0.25) is 5.91 Å². The molecule has 1 saturated carbocycles. The zero-order valence-corrected chi connectivity index (χ0v) is 17.9. The first-order chi connectivity index (χ1) is 15.6. The zero-order chi connectivity index (χ0) is 24.4. The Morgan fingerprint density at radius 1 is 1.15 bits per heavy atom. The number of pyridine rings is 2. The molecule has 2 aromatic heterocycles. The Morgan fingerprint density at radius 3 is 2.36 bits per heavy atom. The molecule has 0 radical (unpaired) electrons. The number of primary amides is 1. The van der Waals surface area contributed by atoms with Gasteiger partial charge in [0.25, 0.3) is 0 Å². The van der Waals surface area contributed by atoms with E-state index in [1.165, 1.54) is 44.8 Å². The van der Waals surface area contributed by atoms with Gasteiger partial charge in [-0.1, -0.05) is 19.3 Å². The maximum atomic E-state index is 12.7. The zero-order valence-electron chi connectivity index (χ0n) is 17.9. The van der Waals surface area contributed by atoms with Gasteiger partial charge >= 0.3 is 18.0 Å². The monoisotopic (exact) mass is 467 g/mol. The molecule has 0 spiro atoms. The molecule has 3 rings (SSSR count). The van der Waals surface area contributed by atoms with Crippen LogP contribution in [0.15, 0.2) is 36.8 Å². The number of nitrogens with one attached hydrogen (secondary N) is 1. The number of halogens is 3. The van der Waals surface area contributed by atoms with Gasteiger partial charge in [0.15, 0.2) is 0 Å². The molecule has 1 aliphatic rings. The molecule has 2 heterocycles. The first kappa shape index (κ1) is 25.7. The third kappa shape index (κ3) is 8.85. The number of carbonyl (C=O) groups excluding carboxylic acids is 3. The predicted octanol–water partition coefficient (Wildman–Crippen LogP) is 2.38. The Hall–Kier alpha value is -3.54. The molecule has 3 amide bonds. The number of aromatic nitrogens is 2. The summed E-state index contributed by atoms with van der Waals surface area (Å²) in [6.45, 7) is -0.142. The van der Waals surface area contributed by atoms with Crippen LogP contribution >= 0.6 is 0 Å². The molecule has 9 nitrogen and oxygen atoms in total. The number of amides is 3. The van der Waals surface area contributed by atoms with Crippen molar-refractivity contribution < 1.29 is 32.3 Å². The maximum absolute atomic E-state index is 12.7. The van der Waals surface area contributed by atoms with Crippen LogP contribution in [0.3, 0.4) is 0 Å². The van der Waals surface area contributed by atoms with E-state index < -0.39 is 29.5 Å². The molecule has 12 heteroatoms. The number of nitrogens with two attached hydrogens (primary N) is 1. The molecule has 178 valence electrons. The number of rotatable bonds is 7. The Labute approximate surface area is 188 Å². The van der Waals surface area contributed by atoms with Gasteiger partial charge in [-0.2, -0.15) is 13.2 Å². The van der Waals surface area contributed by atoms with Crippen LogP contribution in [0, 0.1) is 0 Å². The van der Waals surface area contributed by atoms with Crippen molar-refractivity contribution in [3.05, 3.63) is 53.6 Å². The van der Waals surface area contributed by atoms with Crippen LogP contribution in [0.25, 0.3) is 0 Å². The summed E-state index contributed by atoms with van der Waals surface area (Å²) in [6.07, 6.45) is 3.02. The van der Waals surface area contributed by atoms with Crippen molar-refractivity contribution in [3.8, 4) is 0 Å². The summed E-state index contributed by atoms with van der Waals surface area (Å²) < 4.78 is 42.9. The van der Waals surface area contributed by atoms with Gasteiger partial charge < -0.3 is 20.7 Å². The molecule has 1 aliphatic carbocycles. The third-order valence-corrected chi connectivity index (χ3v) is 4.19. The number of alkyl halides is 3. The second kappa shape index (κ2) is 11.9. The van der Waals surface area contributed by atoms with Gasteiger partial charge in [-0.15, -0.1) is 0 Å². The summed E-state index contributed by atoms with van der Waals surface area (Å²) in [5.41, 5.74) is 4.47. The summed E-state index contributed by atoms with van der Waals surface area (Å²) in [5.74, 6) is -2.78. The Balaban J connectivity index is 0.00000118. The van der Waals surface area contributed by atoms with Crippen molar-refractivity contribution in [1.82, 2.24) is 14.9 Å². The average Bonchev–Trinajstić information content (AvgIpc) is 3.65. The highest BCUT2D eigenvalue weighted by atomic mass is 19.4. The van der Waals surface area contributed by atoms with E-state index >= 15 is 0 Å². The minimum Gasteiger partial charge on any atom is -0.383 e. The lowest BCUT2D eigenvalue weighted by Gasteiger charge is -2.21. The highest BCUT2D eigenvalue weighted by Gasteiger charge is 2.31. The topological polar surface area (TPSA) is 128 Å². The SMILES string of the molecule is C1CC1.COCCN(Cc1ccc(C(F)(F)F)cn1)C(=O)C(=O)Nc1cncc(C(N)=O)c1. The lowest BCUT2D eigenvalue weighted by atomic mass is 10.2. The van der Waals surface area contributed by atoms with Gasteiger partial charge in [0.05, 0.1) is 41.9 Å². The van der Waals surface area contributed by atoms with Crippen molar-refractivity contribution in [3.63, 3.8) is 0 Å². The second-order valence-corrected chi connectivity index (χ2v) is 7.10. The van der Waals surface area contributed by atoms with E-state index in [-0.39, 0.29) is 36.6 Å². The van der Waals surface area contributed by atoms with Crippen molar-refractivity contribution in [2.24, 2.45) is 5.73 Å². The number of ether oxygens (including phenoxy) is 1. The Bertz CT molecular complexity index is 962. The molecule has 0 aliphatic heterocycles. The molecule has 33 heavy (non-hydrogen) atoms. The van der Waals surface area contributed by atoms with Gasteiger partial charge in [-0.3, -0.25) is 24.4 Å². The maximum Gasteiger partial charge on any atom is 0.417 e. The standard InChI is InChI=1S/C18H18F3N5O4.C3H6/c1-30-5-4-26(10-13-3-2-12(8-24-13)18(19,20)21)17(29)16(28)25-14-6-11(15(22)27)7-23-9-14;1-2-3-1/h2-3,6-9H,4-5,10H2,1H3,(H2,22,27)(H,25,28);1-3H2. The first-order valence-electron chi connectivity index (χ1n) is 9.98.